The highest BCUT2D eigenvalue weighted by Crippen LogP contribution is 2.33. The summed E-state index contributed by atoms with van der Waals surface area (Å²) in [7, 11) is 0. The van der Waals surface area contributed by atoms with Gasteiger partial charge >= 0.3 is 0 Å². The van der Waals surface area contributed by atoms with Gasteiger partial charge in [-0.05, 0) is 25.0 Å². The first-order chi connectivity index (χ1) is 10.3. The number of carbonyl (C=O) groups is 1. The fourth-order valence-corrected chi connectivity index (χ4v) is 3.23. The van der Waals surface area contributed by atoms with Crippen LogP contribution in [-0.2, 0) is 17.6 Å². The fourth-order valence-electron chi connectivity index (χ4n) is 3.23. The van der Waals surface area contributed by atoms with Gasteiger partial charge in [0.2, 0.25) is 5.91 Å². The first-order valence-corrected chi connectivity index (χ1v) is 7.37. The molecule has 1 N–H and O–H groups in total. The first kappa shape index (κ1) is 12.4. The lowest BCUT2D eigenvalue weighted by Crippen LogP contribution is -2.43. The molecule has 0 radical (unpaired) electrons. The van der Waals surface area contributed by atoms with E-state index in [1.165, 1.54) is 0 Å². The number of nitrogens with zero attached hydrogens (tertiary/aromatic N) is 2. The molecule has 1 aromatic carbocycles. The molecule has 1 unspecified atom stereocenters. The smallest absolute Gasteiger partial charge is 0.230 e. The standard InChI is InChI=1S/C16H17N3O2/c20-16(11-5-6-12-13(9-11)18-10-17-12)19-7-8-21-15-4-2-1-3-14(15)19/h1-4,10-11H,5-9H2,(H,17,18). The Morgan fingerprint density at radius 3 is 3.24 bits per heavy atom. The van der Waals surface area contributed by atoms with Crippen LogP contribution >= 0.6 is 0 Å². The number of aromatic amines is 1. The molecule has 21 heavy (non-hydrogen) atoms. The van der Waals surface area contributed by atoms with Crippen LogP contribution in [-0.4, -0.2) is 29.0 Å². The van der Waals surface area contributed by atoms with Crippen molar-refractivity contribution in [2.45, 2.75) is 19.3 Å². The molecule has 0 spiro atoms. The lowest BCUT2D eigenvalue weighted by Gasteiger charge is -2.33. The number of ether oxygens (including phenoxy) is 1. The lowest BCUT2D eigenvalue weighted by atomic mass is 9.88. The second-order valence-electron chi connectivity index (χ2n) is 5.57. The third kappa shape index (κ3) is 2.09. The normalized spacial score (nSPS) is 20.4. The van der Waals surface area contributed by atoms with E-state index in [1.807, 2.05) is 29.2 Å². The highest BCUT2D eigenvalue weighted by molar-refractivity contribution is 5.97. The summed E-state index contributed by atoms with van der Waals surface area (Å²) in [6.07, 6.45) is 4.23. The Bertz CT molecular complexity index is 680. The van der Waals surface area contributed by atoms with Crippen molar-refractivity contribution >= 4 is 11.6 Å². The number of nitrogens with one attached hydrogen (secondary N) is 1. The Kier molecular flexibility index (Phi) is 2.91. The summed E-state index contributed by atoms with van der Waals surface area (Å²) < 4.78 is 5.62. The van der Waals surface area contributed by atoms with Crippen LogP contribution in [0.1, 0.15) is 17.8 Å². The maximum atomic E-state index is 12.9. The molecule has 4 rings (SSSR count). The zero-order valence-electron chi connectivity index (χ0n) is 11.7. The minimum Gasteiger partial charge on any atom is -0.490 e. The van der Waals surface area contributed by atoms with Crippen molar-refractivity contribution in [3.63, 3.8) is 0 Å². The van der Waals surface area contributed by atoms with E-state index in [0.29, 0.717) is 13.2 Å². The maximum Gasteiger partial charge on any atom is 0.230 e. The molecule has 0 saturated heterocycles. The predicted octanol–water partition coefficient (Wildman–Crippen LogP) is 1.94. The summed E-state index contributed by atoms with van der Waals surface area (Å²) in [4.78, 5) is 22.2. The van der Waals surface area contributed by atoms with Gasteiger partial charge in [-0.15, -0.1) is 0 Å². The number of para-hydroxylation sites is 2. The first-order valence-electron chi connectivity index (χ1n) is 7.37. The number of hydrogen-bond donors (Lipinski definition) is 1. The van der Waals surface area contributed by atoms with Gasteiger partial charge in [0.1, 0.15) is 12.4 Å². The van der Waals surface area contributed by atoms with Gasteiger partial charge in [-0.25, -0.2) is 4.98 Å². The number of aryl methyl sites for hydroxylation is 1. The highest BCUT2D eigenvalue weighted by Gasteiger charge is 2.32. The molecular weight excluding hydrogens is 266 g/mol. The van der Waals surface area contributed by atoms with Crippen LogP contribution in [0.3, 0.4) is 0 Å². The minimum absolute atomic E-state index is 0.0316. The van der Waals surface area contributed by atoms with E-state index >= 15 is 0 Å². The molecule has 1 amide bonds. The molecule has 0 fully saturated rings. The number of anilines is 1. The van der Waals surface area contributed by atoms with Gasteiger partial charge in [-0.2, -0.15) is 0 Å². The lowest BCUT2D eigenvalue weighted by molar-refractivity contribution is -0.123. The van der Waals surface area contributed by atoms with Gasteiger partial charge in [0.05, 0.1) is 24.3 Å². The average Bonchev–Trinajstić information content (AvgIpc) is 3.01. The molecule has 0 saturated carbocycles. The SMILES string of the molecule is O=C(C1CCc2nc[nH]c2C1)N1CCOc2ccccc21. The van der Waals surface area contributed by atoms with Crippen molar-refractivity contribution < 1.29 is 9.53 Å². The van der Waals surface area contributed by atoms with Crippen molar-refractivity contribution in [3.05, 3.63) is 42.0 Å². The third-order valence-electron chi connectivity index (χ3n) is 4.33. The number of H-pyrrole nitrogens is 1. The molecule has 108 valence electrons. The number of rotatable bonds is 1. The second kappa shape index (κ2) is 4.91. The van der Waals surface area contributed by atoms with Crippen LogP contribution < -0.4 is 9.64 Å². The zero-order valence-corrected chi connectivity index (χ0v) is 11.7. The van der Waals surface area contributed by atoms with Crippen molar-refractivity contribution in [2.75, 3.05) is 18.1 Å². The number of amides is 1. The van der Waals surface area contributed by atoms with Crippen LogP contribution in [0.25, 0.3) is 0 Å². The summed E-state index contributed by atoms with van der Waals surface area (Å²) in [6, 6.07) is 7.76. The summed E-state index contributed by atoms with van der Waals surface area (Å²) >= 11 is 0. The molecule has 1 atom stereocenters. The third-order valence-corrected chi connectivity index (χ3v) is 4.33. The Balaban J connectivity index is 1.59. The summed E-state index contributed by atoms with van der Waals surface area (Å²) in [5.41, 5.74) is 3.12. The van der Waals surface area contributed by atoms with Crippen molar-refractivity contribution in [1.29, 1.82) is 0 Å². The number of benzene rings is 1. The number of hydrogen-bond acceptors (Lipinski definition) is 3. The van der Waals surface area contributed by atoms with Crippen LogP contribution in [0.15, 0.2) is 30.6 Å². The zero-order chi connectivity index (χ0) is 14.2. The summed E-state index contributed by atoms with van der Waals surface area (Å²) in [5, 5.41) is 0. The van der Waals surface area contributed by atoms with Gasteiger partial charge in [0.15, 0.2) is 0 Å². The van der Waals surface area contributed by atoms with Gasteiger partial charge < -0.3 is 14.6 Å². The van der Waals surface area contributed by atoms with E-state index in [9.17, 15) is 4.79 Å². The molecule has 2 aromatic rings. The molecule has 2 aliphatic rings. The van der Waals surface area contributed by atoms with Gasteiger partial charge in [-0.1, -0.05) is 12.1 Å². The predicted molar refractivity (Wildman–Crippen MR) is 78.4 cm³/mol. The molecule has 5 nitrogen and oxygen atoms in total. The monoisotopic (exact) mass is 283 g/mol. The van der Waals surface area contributed by atoms with E-state index < -0.39 is 0 Å². The van der Waals surface area contributed by atoms with E-state index in [2.05, 4.69) is 9.97 Å². The Hall–Kier alpha value is -2.30. The van der Waals surface area contributed by atoms with Gasteiger partial charge in [0.25, 0.3) is 0 Å². The van der Waals surface area contributed by atoms with Gasteiger partial charge in [0, 0.05) is 18.0 Å². The molecule has 2 heterocycles. The fraction of sp³-hybridized carbons (Fsp3) is 0.375. The maximum absolute atomic E-state index is 12.9. The van der Waals surface area contributed by atoms with Gasteiger partial charge in [-0.3, -0.25) is 4.79 Å². The van der Waals surface area contributed by atoms with E-state index in [1.54, 1.807) is 6.33 Å². The molecule has 5 heteroatoms. The molecular formula is C16H17N3O2. The van der Waals surface area contributed by atoms with Crippen LogP contribution in [0, 0.1) is 5.92 Å². The van der Waals surface area contributed by atoms with Crippen molar-refractivity contribution in [1.82, 2.24) is 9.97 Å². The Labute approximate surface area is 122 Å². The van der Waals surface area contributed by atoms with Crippen molar-refractivity contribution in [3.8, 4) is 5.75 Å². The van der Waals surface area contributed by atoms with Crippen molar-refractivity contribution in [2.24, 2.45) is 5.92 Å². The number of fused-ring (bicyclic) bond motifs is 2. The Morgan fingerprint density at radius 2 is 2.29 bits per heavy atom. The molecule has 1 aliphatic heterocycles. The van der Waals surface area contributed by atoms with Crippen LogP contribution in [0.2, 0.25) is 0 Å². The number of imidazole rings is 1. The molecule has 0 bridgehead atoms. The van der Waals surface area contributed by atoms with Crippen LogP contribution in [0.5, 0.6) is 5.75 Å². The van der Waals surface area contributed by atoms with E-state index in [0.717, 1.165) is 42.1 Å². The summed E-state index contributed by atoms with van der Waals surface area (Å²) in [5.74, 6) is 1.03. The highest BCUT2D eigenvalue weighted by atomic mass is 16.5. The topological polar surface area (TPSA) is 58.2 Å². The number of carbonyl (C=O) groups excluding carboxylic acids is 1. The Morgan fingerprint density at radius 1 is 1.38 bits per heavy atom. The average molecular weight is 283 g/mol. The quantitative estimate of drug-likeness (QED) is 0.870. The largest absolute Gasteiger partial charge is 0.490 e. The second-order valence-corrected chi connectivity index (χ2v) is 5.57. The van der Waals surface area contributed by atoms with E-state index in [4.69, 9.17) is 4.74 Å². The number of aromatic nitrogens is 2. The minimum atomic E-state index is 0.0316. The van der Waals surface area contributed by atoms with E-state index in [-0.39, 0.29) is 11.8 Å². The molecule has 1 aliphatic carbocycles. The molecule has 1 aromatic heterocycles. The van der Waals surface area contributed by atoms with Crippen LogP contribution in [0.4, 0.5) is 5.69 Å². The summed E-state index contributed by atoms with van der Waals surface area (Å²) in [6.45, 7) is 1.19.